The number of benzene rings is 1. The summed E-state index contributed by atoms with van der Waals surface area (Å²) in [5, 5.41) is 6.82. The Labute approximate surface area is 116 Å². The van der Waals surface area contributed by atoms with E-state index in [9.17, 15) is 13.0 Å². The van der Waals surface area contributed by atoms with Crippen LogP contribution in [0.15, 0.2) is 29.4 Å². The van der Waals surface area contributed by atoms with E-state index in [2.05, 4.69) is 19.9 Å². The van der Waals surface area contributed by atoms with Crippen molar-refractivity contribution in [2.45, 2.75) is 30.9 Å². The predicted octanol–water partition coefficient (Wildman–Crippen LogP) is 2.28. The number of nitrogens with one attached hydrogen (secondary N) is 1. The van der Waals surface area contributed by atoms with Crippen LogP contribution >= 0.6 is 0 Å². The highest BCUT2D eigenvalue weighted by Crippen LogP contribution is 2.16. The van der Waals surface area contributed by atoms with Crippen molar-refractivity contribution in [3.05, 3.63) is 35.7 Å². The molecule has 108 valence electrons. The number of aromatic amines is 1. The number of H-pyrrole nitrogens is 1. The molecule has 0 aliphatic carbocycles. The molecule has 0 saturated carbocycles. The lowest BCUT2D eigenvalue weighted by Crippen LogP contribution is -2.02. The van der Waals surface area contributed by atoms with Gasteiger partial charge in [-0.05, 0) is 17.7 Å². The Kier molecular flexibility index (Phi) is 4.78. The van der Waals surface area contributed by atoms with Crippen LogP contribution in [0.2, 0.25) is 0 Å². The summed E-state index contributed by atoms with van der Waals surface area (Å²) < 4.78 is 40.3. The second-order valence-electron chi connectivity index (χ2n) is 3.93. The predicted molar refractivity (Wildman–Crippen MR) is 68.9 cm³/mol. The first-order valence-corrected chi connectivity index (χ1v) is 7.23. The minimum atomic E-state index is -2.85. The molecule has 20 heavy (non-hydrogen) atoms. The summed E-state index contributed by atoms with van der Waals surface area (Å²) in [6, 6.07) is 5.99. The molecule has 1 N–H and O–H groups in total. The zero-order valence-corrected chi connectivity index (χ0v) is 11.5. The van der Waals surface area contributed by atoms with Crippen LogP contribution in [-0.4, -0.2) is 26.0 Å². The molecule has 0 fully saturated rings. The largest absolute Gasteiger partial charge is 0.435 e. The van der Waals surface area contributed by atoms with Crippen molar-refractivity contribution in [3.63, 3.8) is 0 Å². The smallest absolute Gasteiger partial charge is 0.387 e. The molecular weight excluding hydrogens is 288 g/mol. The fourth-order valence-electron chi connectivity index (χ4n) is 1.52. The van der Waals surface area contributed by atoms with E-state index in [1.165, 1.54) is 12.1 Å². The van der Waals surface area contributed by atoms with E-state index in [1.807, 2.05) is 6.92 Å². The first-order valence-electron chi connectivity index (χ1n) is 5.92. The van der Waals surface area contributed by atoms with Crippen molar-refractivity contribution >= 4 is 10.8 Å². The Balaban J connectivity index is 2.00. The van der Waals surface area contributed by atoms with Crippen molar-refractivity contribution in [1.82, 2.24) is 15.2 Å². The van der Waals surface area contributed by atoms with Gasteiger partial charge in [0.1, 0.15) is 11.6 Å². The quantitative estimate of drug-likeness (QED) is 0.889. The van der Waals surface area contributed by atoms with Gasteiger partial charge >= 0.3 is 6.61 Å². The zero-order chi connectivity index (χ0) is 14.5. The third-order valence-electron chi connectivity index (χ3n) is 2.50. The van der Waals surface area contributed by atoms with Crippen molar-refractivity contribution in [1.29, 1.82) is 0 Å². The van der Waals surface area contributed by atoms with Gasteiger partial charge in [-0.15, -0.1) is 5.10 Å². The average Bonchev–Trinajstić information content (AvgIpc) is 2.89. The molecule has 8 heteroatoms. The molecule has 1 aromatic heterocycles. The van der Waals surface area contributed by atoms with E-state index in [-0.39, 0.29) is 16.7 Å². The molecular formula is C12H13F2N3O2S. The lowest BCUT2D eigenvalue weighted by molar-refractivity contribution is -0.0498. The van der Waals surface area contributed by atoms with Gasteiger partial charge in [0.25, 0.3) is 0 Å². The maximum absolute atomic E-state index is 12.0. The molecule has 0 unspecified atom stereocenters. The van der Waals surface area contributed by atoms with Crippen molar-refractivity contribution in [3.8, 4) is 5.75 Å². The molecule has 0 saturated heterocycles. The fraction of sp³-hybridized carbons (Fsp3) is 0.333. The summed E-state index contributed by atoms with van der Waals surface area (Å²) >= 11 is 0. The van der Waals surface area contributed by atoms with E-state index in [0.29, 0.717) is 12.2 Å². The van der Waals surface area contributed by atoms with Crippen molar-refractivity contribution in [2.75, 3.05) is 0 Å². The zero-order valence-electron chi connectivity index (χ0n) is 10.7. The molecule has 2 rings (SSSR count). The van der Waals surface area contributed by atoms with Crippen LogP contribution in [0, 0.1) is 0 Å². The Morgan fingerprint density at radius 1 is 1.35 bits per heavy atom. The summed E-state index contributed by atoms with van der Waals surface area (Å²) in [5.74, 6) is 0.963. The third-order valence-corrected chi connectivity index (χ3v) is 3.68. The van der Waals surface area contributed by atoms with Gasteiger partial charge < -0.3 is 4.74 Å². The second-order valence-corrected chi connectivity index (χ2v) is 5.28. The van der Waals surface area contributed by atoms with Gasteiger partial charge in [-0.1, -0.05) is 19.1 Å². The van der Waals surface area contributed by atoms with E-state index < -0.39 is 17.4 Å². The van der Waals surface area contributed by atoms with E-state index in [0.717, 1.165) is 5.56 Å². The minimum Gasteiger partial charge on any atom is -0.435 e. The number of hydrogen-bond donors (Lipinski definition) is 1. The van der Waals surface area contributed by atoms with E-state index in [4.69, 9.17) is 0 Å². The van der Waals surface area contributed by atoms with Gasteiger partial charge in [-0.3, -0.25) is 9.31 Å². The Hall–Kier alpha value is -1.83. The number of aromatic nitrogens is 3. The third kappa shape index (κ3) is 3.83. The summed E-state index contributed by atoms with van der Waals surface area (Å²) in [4.78, 5) is 4.09. The molecule has 0 aliphatic rings. The number of hydrogen-bond acceptors (Lipinski definition) is 4. The molecule has 1 atom stereocenters. The molecule has 5 nitrogen and oxygen atoms in total. The summed E-state index contributed by atoms with van der Waals surface area (Å²) in [5.41, 5.74) is 0.729. The first kappa shape index (κ1) is 14.6. The van der Waals surface area contributed by atoms with Crippen LogP contribution in [0.25, 0.3) is 0 Å². The molecule has 0 radical (unpaired) electrons. The molecule has 0 spiro atoms. The summed E-state index contributed by atoms with van der Waals surface area (Å²) in [6.07, 6.45) is 0.684. The number of ether oxygens (including phenoxy) is 1. The van der Waals surface area contributed by atoms with E-state index >= 15 is 0 Å². The number of alkyl halides is 2. The monoisotopic (exact) mass is 301 g/mol. The van der Waals surface area contributed by atoms with Gasteiger partial charge in [-0.2, -0.15) is 8.78 Å². The Morgan fingerprint density at radius 3 is 2.60 bits per heavy atom. The van der Waals surface area contributed by atoms with Crippen LogP contribution < -0.4 is 4.74 Å². The summed E-state index contributed by atoms with van der Waals surface area (Å²) in [7, 11) is -1.37. The maximum Gasteiger partial charge on any atom is 0.387 e. The highest BCUT2D eigenvalue weighted by molar-refractivity contribution is 7.84. The highest BCUT2D eigenvalue weighted by atomic mass is 32.2. The summed E-state index contributed by atoms with van der Waals surface area (Å²) in [6.45, 7) is -0.940. The number of rotatable bonds is 6. The number of halogens is 2. The van der Waals surface area contributed by atoms with Crippen molar-refractivity contribution < 1.29 is 17.7 Å². The van der Waals surface area contributed by atoms with Gasteiger partial charge in [0, 0.05) is 6.42 Å². The second kappa shape index (κ2) is 6.56. The molecule has 2 aromatic rings. The Bertz CT molecular complexity index is 587. The standard InChI is InChI=1S/C12H13F2N3O2S/c1-2-10-15-12(17-16-10)20(18)7-8-3-5-9(6-4-8)19-11(13)14/h3-6,11H,2,7H2,1H3,(H,15,16,17)/t20-/m0/s1. The van der Waals surface area contributed by atoms with E-state index in [1.54, 1.807) is 12.1 Å². The molecule has 0 aliphatic heterocycles. The Morgan fingerprint density at radius 2 is 2.05 bits per heavy atom. The molecule has 1 heterocycles. The van der Waals surface area contributed by atoms with Gasteiger partial charge in [-0.25, -0.2) is 4.98 Å². The van der Waals surface area contributed by atoms with Crippen LogP contribution in [0.4, 0.5) is 8.78 Å². The number of aryl methyl sites for hydroxylation is 1. The minimum absolute atomic E-state index is 0.0701. The normalized spacial score (nSPS) is 12.6. The van der Waals surface area contributed by atoms with Crippen LogP contribution in [-0.2, 0) is 23.0 Å². The molecule has 1 aromatic carbocycles. The molecule has 0 bridgehead atoms. The number of nitrogens with zero attached hydrogens (tertiary/aromatic N) is 2. The highest BCUT2D eigenvalue weighted by Gasteiger charge is 2.11. The average molecular weight is 301 g/mol. The first-order chi connectivity index (χ1) is 9.58. The lowest BCUT2D eigenvalue weighted by Gasteiger charge is -2.05. The van der Waals surface area contributed by atoms with Gasteiger partial charge in [0.15, 0.2) is 0 Å². The lowest BCUT2D eigenvalue weighted by atomic mass is 10.2. The molecule has 0 amide bonds. The fourth-order valence-corrected chi connectivity index (χ4v) is 2.50. The van der Waals surface area contributed by atoms with Gasteiger partial charge in [0.2, 0.25) is 5.16 Å². The topological polar surface area (TPSA) is 67.9 Å². The maximum atomic E-state index is 12.0. The van der Waals surface area contributed by atoms with Crippen LogP contribution in [0.1, 0.15) is 18.3 Å². The van der Waals surface area contributed by atoms with Gasteiger partial charge in [0.05, 0.1) is 16.6 Å². The van der Waals surface area contributed by atoms with Crippen LogP contribution in [0.3, 0.4) is 0 Å². The SMILES string of the molecule is CCc1nc([S@@](=O)Cc2ccc(OC(F)F)cc2)n[nH]1. The van der Waals surface area contributed by atoms with Crippen molar-refractivity contribution in [2.24, 2.45) is 0 Å². The van der Waals surface area contributed by atoms with Crippen LogP contribution in [0.5, 0.6) is 5.75 Å².